The molecule has 27 heavy (non-hydrogen) atoms. The van der Waals surface area contributed by atoms with Crippen LogP contribution in [0.15, 0.2) is 24.4 Å². The van der Waals surface area contributed by atoms with E-state index in [-0.39, 0.29) is 5.91 Å². The summed E-state index contributed by atoms with van der Waals surface area (Å²) < 4.78 is 0. The maximum absolute atomic E-state index is 12.6. The van der Waals surface area contributed by atoms with Crippen LogP contribution in [0.4, 0.5) is 28.8 Å². The fraction of sp³-hybridized carbons (Fsp3) is 0.421. The van der Waals surface area contributed by atoms with E-state index in [4.69, 9.17) is 0 Å². The lowest BCUT2D eigenvalue weighted by molar-refractivity contribution is 0.102. The Balaban J connectivity index is 1.63. The second-order valence-electron chi connectivity index (χ2n) is 7.17. The fourth-order valence-corrected chi connectivity index (χ4v) is 3.58. The first-order valence-electron chi connectivity index (χ1n) is 9.24. The number of likely N-dealkylation sites (tertiary alicyclic amines) is 1. The van der Waals surface area contributed by atoms with E-state index in [1.807, 2.05) is 32.3 Å². The summed E-state index contributed by atoms with van der Waals surface area (Å²) in [6.45, 7) is 2.14. The van der Waals surface area contributed by atoms with E-state index >= 15 is 0 Å². The first-order chi connectivity index (χ1) is 13.0. The third kappa shape index (κ3) is 3.40. The topological polar surface area (TPSA) is 85.4 Å². The monoisotopic (exact) mass is 367 g/mol. The van der Waals surface area contributed by atoms with Gasteiger partial charge in [-0.2, -0.15) is 4.98 Å². The third-order valence-electron chi connectivity index (χ3n) is 5.38. The molecule has 3 N–H and O–H groups in total. The zero-order valence-corrected chi connectivity index (χ0v) is 15.9. The summed E-state index contributed by atoms with van der Waals surface area (Å²) >= 11 is 0. The van der Waals surface area contributed by atoms with Crippen molar-refractivity contribution in [2.24, 2.45) is 0 Å². The normalized spacial score (nSPS) is 17.2. The Morgan fingerprint density at radius 1 is 1.22 bits per heavy atom. The van der Waals surface area contributed by atoms with Crippen LogP contribution < -0.4 is 20.9 Å². The van der Waals surface area contributed by atoms with Crippen LogP contribution in [0.2, 0.25) is 0 Å². The van der Waals surface area contributed by atoms with Crippen molar-refractivity contribution in [3.63, 3.8) is 0 Å². The molecule has 1 saturated heterocycles. The van der Waals surface area contributed by atoms with Gasteiger partial charge in [0.15, 0.2) is 0 Å². The first kappa shape index (κ1) is 17.5. The molecule has 1 aromatic carbocycles. The van der Waals surface area contributed by atoms with Gasteiger partial charge in [0, 0.05) is 32.0 Å². The molecule has 1 aromatic heterocycles. The smallest absolute Gasteiger partial charge is 0.261 e. The molecule has 1 amide bonds. The summed E-state index contributed by atoms with van der Waals surface area (Å²) in [6.07, 6.45) is 3.77. The summed E-state index contributed by atoms with van der Waals surface area (Å²) in [7, 11) is 6.02. The number of fused-ring (bicyclic) bond motifs is 2. The molecule has 2 aromatic rings. The maximum Gasteiger partial charge on any atom is 0.261 e. The fourth-order valence-electron chi connectivity index (χ4n) is 3.58. The number of hydrogen-bond acceptors (Lipinski definition) is 7. The lowest BCUT2D eigenvalue weighted by Gasteiger charge is -2.35. The van der Waals surface area contributed by atoms with Crippen LogP contribution in [-0.2, 0) is 0 Å². The van der Waals surface area contributed by atoms with Crippen molar-refractivity contribution >= 4 is 34.7 Å². The molecule has 4 rings (SSSR count). The average Bonchev–Trinajstić information content (AvgIpc) is 2.82. The van der Waals surface area contributed by atoms with E-state index < -0.39 is 0 Å². The molecule has 0 radical (unpaired) electrons. The number of piperidine rings is 1. The Morgan fingerprint density at radius 3 is 2.74 bits per heavy atom. The summed E-state index contributed by atoms with van der Waals surface area (Å²) in [6, 6.07) is 6.18. The van der Waals surface area contributed by atoms with Gasteiger partial charge in [-0.05, 0) is 51.2 Å². The Morgan fingerprint density at radius 2 is 2.00 bits per heavy atom. The Hall–Kier alpha value is -2.87. The predicted molar refractivity (Wildman–Crippen MR) is 108 cm³/mol. The van der Waals surface area contributed by atoms with Gasteiger partial charge in [-0.3, -0.25) is 4.79 Å². The minimum absolute atomic E-state index is 0.210. The molecule has 142 valence electrons. The summed E-state index contributed by atoms with van der Waals surface area (Å²) in [5.74, 6) is 0.963. The van der Waals surface area contributed by atoms with E-state index in [1.165, 1.54) is 0 Å². The van der Waals surface area contributed by atoms with Crippen LogP contribution >= 0.6 is 0 Å². The quantitative estimate of drug-likeness (QED) is 0.768. The number of anilines is 5. The van der Waals surface area contributed by atoms with Crippen LogP contribution in [-0.4, -0.2) is 61.0 Å². The molecule has 0 unspecified atom stereocenters. The molecule has 2 aliphatic rings. The van der Waals surface area contributed by atoms with E-state index in [0.717, 1.165) is 43.0 Å². The Labute approximate surface area is 159 Å². The zero-order chi connectivity index (χ0) is 19.0. The molecular weight excluding hydrogens is 342 g/mol. The molecule has 0 atom stereocenters. The molecule has 0 saturated carbocycles. The number of rotatable bonds is 3. The summed E-state index contributed by atoms with van der Waals surface area (Å²) in [5.41, 5.74) is 2.90. The van der Waals surface area contributed by atoms with Gasteiger partial charge >= 0.3 is 0 Å². The third-order valence-corrected chi connectivity index (χ3v) is 5.38. The number of amides is 1. The van der Waals surface area contributed by atoms with E-state index in [9.17, 15) is 4.79 Å². The van der Waals surface area contributed by atoms with E-state index in [0.29, 0.717) is 23.4 Å². The Bertz CT molecular complexity index is 861. The van der Waals surface area contributed by atoms with Gasteiger partial charge in [0.25, 0.3) is 5.91 Å². The van der Waals surface area contributed by atoms with Crippen molar-refractivity contribution in [1.82, 2.24) is 14.9 Å². The molecular formula is C19H25N7O. The number of nitrogens with zero attached hydrogens (tertiary/aromatic N) is 4. The summed E-state index contributed by atoms with van der Waals surface area (Å²) in [4.78, 5) is 26.2. The van der Waals surface area contributed by atoms with Gasteiger partial charge < -0.3 is 25.8 Å². The van der Waals surface area contributed by atoms with Crippen LogP contribution in [0.5, 0.6) is 0 Å². The number of aromatic nitrogens is 2. The molecule has 0 bridgehead atoms. The lowest BCUT2D eigenvalue weighted by Crippen LogP contribution is -2.42. The van der Waals surface area contributed by atoms with Crippen LogP contribution in [0.1, 0.15) is 23.2 Å². The molecule has 0 spiro atoms. The SMILES string of the molecule is CNc1ccc2c(c1)NC(=O)c1cnc(N(C)C3CCN(C)CC3)nc1N2. The number of benzene rings is 1. The Kier molecular flexibility index (Phi) is 4.57. The largest absolute Gasteiger partial charge is 0.388 e. The van der Waals surface area contributed by atoms with Crippen molar-refractivity contribution in [3.8, 4) is 0 Å². The van der Waals surface area contributed by atoms with Crippen molar-refractivity contribution in [2.75, 3.05) is 55.1 Å². The average molecular weight is 367 g/mol. The highest BCUT2D eigenvalue weighted by molar-refractivity contribution is 6.11. The standard InChI is InChI=1S/C19H25N7O/c1-20-12-4-5-15-16(10-12)23-18(27)14-11-21-19(24-17(14)22-15)26(3)13-6-8-25(2)9-7-13/h4-5,10-11,13,20H,6-9H2,1-3H3,(H,23,27)(H,21,22,24). The molecule has 2 aliphatic heterocycles. The van der Waals surface area contributed by atoms with Crippen molar-refractivity contribution in [2.45, 2.75) is 18.9 Å². The number of nitrogens with one attached hydrogen (secondary N) is 3. The summed E-state index contributed by atoms with van der Waals surface area (Å²) in [5, 5.41) is 9.30. The predicted octanol–water partition coefficient (Wildman–Crippen LogP) is 2.36. The second-order valence-corrected chi connectivity index (χ2v) is 7.17. The van der Waals surface area contributed by atoms with Gasteiger partial charge in [0.1, 0.15) is 11.4 Å². The maximum atomic E-state index is 12.6. The molecule has 8 nitrogen and oxygen atoms in total. The van der Waals surface area contributed by atoms with Crippen molar-refractivity contribution in [3.05, 3.63) is 30.0 Å². The van der Waals surface area contributed by atoms with Gasteiger partial charge in [0.2, 0.25) is 5.95 Å². The number of hydrogen-bond donors (Lipinski definition) is 3. The van der Waals surface area contributed by atoms with Crippen LogP contribution in [0, 0.1) is 0 Å². The van der Waals surface area contributed by atoms with Gasteiger partial charge in [-0.15, -0.1) is 0 Å². The van der Waals surface area contributed by atoms with Crippen LogP contribution in [0.25, 0.3) is 0 Å². The number of carbonyl (C=O) groups excluding carboxylic acids is 1. The van der Waals surface area contributed by atoms with E-state index in [2.05, 4.69) is 42.8 Å². The highest BCUT2D eigenvalue weighted by atomic mass is 16.1. The van der Waals surface area contributed by atoms with Gasteiger partial charge in [0.05, 0.1) is 11.4 Å². The molecule has 0 aliphatic carbocycles. The molecule has 1 fully saturated rings. The number of carbonyl (C=O) groups is 1. The minimum Gasteiger partial charge on any atom is -0.388 e. The van der Waals surface area contributed by atoms with Crippen LogP contribution in [0.3, 0.4) is 0 Å². The molecule has 8 heteroatoms. The van der Waals surface area contributed by atoms with Gasteiger partial charge in [-0.25, -0.2) is 4.98 Å². The first-order valence-corrected chi connectivity index (χ1v) is 9.24. The van der Waals surface area contributed by atoms with E-state index in [1.54, 1.807) is 6.20 Å². The highest BCUT2D eigenvalue weighted by Crippen LogP contribution is 2.33. The van der Waals surface area contributed by atoms with Crippen molar-refractivity contribution < 1.29 is 4.79 Å². The highest BCUT2D eigenvalue weighted by Gasteiger charge is 2.25. The zero-order valence-electron chi connectivity index (χ0n) is 15.9. The second kappa shape index (κ2) is 7.03. The molecule has 3 heterocycles. The van der Waals surface area contributed by atoms with Crippen molar-refractivity contribution in [1.29, 1.82) is 0 Å². The minimum atomic E-state index is -0.210. The van der Waals surface area contributed by atoms with Gasteiger partial charge in [-0.1, -0.05) is 0 Å². The lowest BCUT2D eigenvalue weighted by atomic mass is 10.0.